The predicted octanol–water partition coefficient (Wildman–Crippen LogP) is 2.80. The summed E-state index contributed by atoms with van der Waals surface area (Å²) in [6, 6.07) is 9.72. The highest BCUT2D eigenvalue weighted by molar-refractivity contribution is 5.99. The number of para-hydroxylation sites is 1. The Morgan fingerprint density at radius 1 is 1.13 bits per heavy atom. The zero-order valence-corrected chi connectivity index (χ0v) is 17.1. The summed E-state index contributed by atoms with van der Waals surface area (Å²) in [4.78, 5) is 32.3. The SMILES string of the molecule is Nc1ncnc2c1ncn2CCCOC(=O)c1cc2ccccc2nc1N1CCCC1. The standard InChI is InChI=1S/C22H23N7O2/c23-19-18-21(25-13-24-19)29(14-26-18)10-5-11-31-22(30)16-12-15-6-1-2-7-17(15)27-20(16)28-8-3-4-9-28/h1-2,6-7,12-14H,3-5,8-11H2,(H2,23,24,25). The van der Waals surface area contributed by atoms with Crippen molar-refractivity contribution < 1.29 is 9.53 Å². The normalized spacial score (nSPS) is 13.9. The van der Waals surface area contributed by atoms with E-state index in [1.807, 2.05) is 34.9 Å². The molecule has 31 heavy (non-hydrogen) atoms. The second-order valence-corrected chi connectivity index (χ2v) is 7.60. The Balaban J connectivity index is 1.29. The minimum absolute atomic E-state index is 0.283. The maximum absolute atomic E-state index is 12.9. The molecule has 1 aromatic carbocycles. The molecule has 0 spiro atoms. The number of benzene rings is 1. The van der Waals surface area contributed by atoms with Crippen molar-refractivity contribution in [1.82, 2.24) is 24.5 Å². The predicted molar refractivity (Wildman–Crippen MR) is 118 cm³/mol. The monoisotopic (exact) mass is 417 g/mol. The average Bonchev–Trinajstić information content (AvgIpc) is 3.47. The molecule has 4 heterocycles. The summed E-state index contributed by atoms with van der Waals surface area (Å²) in [6.45, 7) is 2.70. The van der Waals surface area contributed by atoms with Gasteiger partial charge >= 0.3 is 5.97 Å². The van der Waals surface area contributed by atoms with Crippen molar-refractivity contribution in [2.24, 2.45) is 0 Å². The van der Waals surface area contributed by atoms with Crippen LogP contribution in [-0.2, 0) is 11.3 Å². The van der Waals surface area contributed by atoms with Crippen LogP contribution in [-0.4, -0.2) is 50.2 Å². The molecule has 2 N–H and O–H groups in total. The van der Waals surface area contributed by atoms with Crippen molar-refractivity contribution in [2.45, 2.75) is 25.8 Å². The van der Waals surface area contributed by atoms with Gasteiger partial charge in [-0.3, -0.25) is 0 Å². The first-order valence-corrected chi connectivity index (χ1v) is 10.4. The number of anilines is 2. The number of imidazole rings is 1. The van der Waals surface area contributed by atoms with Crippen LogP contribution in [0.1, 0.15) is 29.6 Å². The summed E-state index contributed by atoms with van der Waals surface area (Å²) in [5.41, 5.74) is 8.49. The van der Waals surface area contributed by atoms with Crippen LogP contribution < -0.4 is 10.6 Å². The van der Waals surface area contributed by atoms with Gasteiger partial charge in [-0.15, -0.1) is 0 Å². The van der Waals surface area contributed by atoms with Crippen LogP contribution in [0.15, 0.2) is 43.0 Å². The van der Waals surface area contributed by atoms with Crippen molar-refractivity contribution in [1.29, 1.82) is 0 Å². The third-order valence-corrected chi connectivity index (χ3v) is 5.54. The van der Waals surface area contributed by atoms with E-state index in [9.17, 15) is 4.79 Å². The molecular formula is C22H23N7O2. The van der Waals surface area contributed by atoms with Crippen molar-refractivity contribution in [3.63, 3.8) is 0 Å². The zero-order valence-electron chi connectivity index (χ0n) is 17.1. The number of rotatable bonds is 6. The molecule has 0 bridgehead atoms. The molecule has 0 aliphatic carbocycles. The maximum Gasteiger partial charge on any atom is 0.341 e. The number of pyridine rings is 1. The number of esters is 1. The van der Waals surface area contributed by atoms with Crippen molar-refractivity contribution >= 4 is 39.7 Å². The van der Waals surface area contributed by atoms with Gasteiger partial charge in [0.1, 0.15) is 23.2 Å². The van der Waals surface area contributed by atoms with Crippen LogP contribution in [0.2, 0.25) is 0 Å². The van der Waals surface area contributed by atoms with Crippen molar-refractivity contribution in [3.8, 4) is 0 Å². The molecule has 9 heteroatoms. The quantitative estimate of drug-likeness (QED) is 0.376. The van der Waals surface area contributed by atoms with E-state index in [1.165, 1.54) is 6.33 Å². The number of nitrogen functional groups attached to an aromatic ring is 1. The highest BCUT2D eigenvalue weighted by Crippen LogP contribution is 2.27. The molecule has 5 rings (SSSR count). The van der Waals surface area contributed by atoms with E-state index in [0.717, 1.165) is 36.8 Å². The van der Waals surface area contributed by atoms with Crippen molar-refractivity contribution in [3.05, 3.63) is 48.5 Å². The first kappa shape index (κ1) is 19.2. The lowest BCUT2D eigenvalue weighted by atomic mass is 10.1. The molecule has 0 radical (unpaired) electrons. The third-order valence-electron chi connectivity index (χ3n) is 5.54. The van der Waals surface area contributed by atoms with E-state index in [2.05, 4.69) is 19.9 Å². The third kappa shape index (κ3) is 3.74. The van der Waals surface area contributed by atoms with Gasteiger partial charge in [-0.05, 0) is 31.4 Å². The lowest BCUT2D eigenvalue weighted by molar-refractivity contribution is 0.0497. The van der Waals surface area contributed by atoms with E-state index in [1.54, 1.807) is 6.33 Å². The zero-order chi connectivity index (χ0) is 21.2. The number of aromatic nitrogens is 5. The van der Waals surface area contributed by atoms with E-state index in [-0.39, 0.29) is 12.6 Å². The minimum Gasteiger partial charge on any atom is -0.462 e. The molecule has 0 amide bonds. The first-order chi connectivity index (χ1) is 15.2. The number of hydrogen-bond donors (Lipinski definition) is 1. The number of nitrogens with two attached hydrogens (primary N) is 1. The van der Waals surface area contributed by atoms with Crippen LogP contribution in [0.25, 0.3) is 22.1 Å². The topological polar surface area (TPSA) is 112 Å². The second kappa shape index (κ2) is 8.17. The Hall–Kier alpha value is -3.75. The molecule has 1 fully saturated rings. The van der Waals surface area contributed by atoms with Crippen LogP contribution >= 0.6 is 0 Å². The number of aryl methyl sites for hydroxylation is 1. The summed E-state index contributed by atoms with van der Waals surface area (Å²) >= 11 is 0. The fraction of sp³-hybridized carbons (Fsp3) is 0.318. The number of hydrogen-bond acceptors (Lipinski definition) is 8. The van der Waals surface area contributed by atoms with Gasteiger partial charge in [0, 0.05) is 25.0 Å². The number of carbonyl (C=O) groups excluding carboxylic acids is 1. The van der Waals surface area contributed by atoms with E-state index in [4.69, 9.17) is 15.5 Å². The summed E-state index contributed by atoms with van der Waals surface area (Å²) < 4.78 is 7.50. The lowest BCUT2D eigenvalue weighted by Crippen LogP contribution is -2.23. The Morgan fingerprint density at radius 2 is 1.97 bits per heavy atom. The molecule has 1 aliphatic heterocycles. The van der Waals surface area contributed by atoms with Gasteiger partial charge in [0.15, 0.2) is 11.5 Å². The number of fused-ring (bicyclic) bond motifs is 2. The molecule has 0 saturated carbocycles. The summed E-state index contributed by atoms with van der Waals surface area (Å²) in [7, 11) is 0. The number of carbonyl (C=O) groups is 1. The van der Waals surface area contributed by atoms with Crippen LogP contribution in [0.5, 0.6) is 0 Å². The summed E-state index contributed by atoms with van der Waals surface area (Å²) in [6.07, 6.45) is 5.94. The molecule has 4 aromatic rings. The molecule has 0 atom stereocenters. The highest BCUT2D eigenvalue weighted by Gasteiger charge is 2.23. The highest BCUT2D eigenvalue weighted by atomic mass is 16.5. The second-order valence-electron chi connectivity index (χ2n) is 7.60. The lowest BCUT2D eigenvalue weighted by Gasteiger charge is -2.20. The molecule has 3 aromatic heterocycles. The van der Waals surface area contributed by atoms with Gasteiger partial charge in [0.2, 0.25) is 0 Å². The van der Waals surface area contributed by atoms with Crippen LogP contribution in [0, 0.1) is 0 Å². The molecule has 9 nitrogen and oxygen atoms in total. The molecular weight excluding hydrogens is 394 g/mol. The Bertz CT molecular complexity index is 1250. The minimum atomic E-state index is -0.345. The smallest absolute Gasteiger partial charge is 0.341 e. The number of nitrogens with zero attached hydrogens (tertiary/aromatic N) is 6. The van der Waals surface area contributed by atoms with Crippen LogP contribution in [0.4, 0.5) is 11.6 Å². The Kier molecular flexibility index (Phi) is 5.07. The molecule has 158 valence electrons. The van der Waals surface area contributed by atoms with Gasteiger partial charge in [-0.25, -0.2) is 24.7 Å². The maximum atomic E-state index is 12.9. The van der Waals surface area contributed by atoms with Gasteiger partial charge < -0.3 is 19.9 Å². The van der Waals surface area contributed by atoms with E-state index in [0.29, 0.717) is 41.3 Å². The largest absolute Gasteiger partial charge is 0.462 e. The Morgan fingerprint density at radius 3 is 2.84 bits per heavy atom. The van der Waals surface area contributed by atoms with E-state index >= 15 is 0 Å². The van der Waals surface area contributed by atoms with Crippen LogP contribution in [0.3, 0.4) is 0 Å². The molecule has 1 saturated heterocycles. The van der Waals surface area contributed by atoms with Crippen molar-refractivity contribution in [2.75, 3.05) is 30.3 Å². The first-order valence-electron chi connectivity index (χ1n) is 10.4. The molecule has 0 unspecified atom stereocenters. The average molecular weight is 417 g/mol. The molecule has 1 aliphatic rings. The fourth-order valence-electron chi connectivity index (χ4n) is 3.97. The summed E-state index contributed by atoms with van der Waals surface area (Å²) in [5.74, 6) is 0.726. The van der Waals surface area contributed by atoms with Gasteiger partial charge in [-0.1, -0.05) is 18.2 Å². The summed E-state index contributed by atoms with van der Waals surface area (Å²) in [5, 5.41) is 0.930. The Labute approximate surface area is 178 Å². The van der Waals surface area contributed by atoms with Gasteiger partial charge in [0.25, 0.3) is 0 Å². The van der Waals surface area contributed by atoms with Gasteiger partial charge in [-0.2, -0.15) is 0 Å². The van der Waals surface area contributed by atoms with Gasteiger partial charge in [0.05, 0.1) is 18.5 Å². The number of ether oxygens (including phenoxy) is 1. The van der Waals surface area contributed by atoms with E-state index < -0.39 is 0 Å². The fourth-order valence-corrected chi connectivity index (χ4v) is 3.97.